The zero-order valence-electron chi connectivity index (χ0n) is 25.0. The fourth-order valence-corrected chi connectivity index (χ4v) is 10.9. The Morgan fingerprint density at radius 2 is 1.17 bits per heavy atom. The lowest BCUT2D eigenvalue weighted by Gasteiger charge is -2.31. The SMILES string of the molecule is CC1=C(C#N)C(=O)N(C)C(=O)C1=Nc1cc2sc3c(c2s1)OC(C)(C)c1c-3sc2cc(N=C3C(=O)N(C)C(=O)C(C#N)=C3C)sc12. The molecular formula is C31H20N6O5S4. The molecule has 0 fully saturated rings. The van der Waals surface area contributed by atoms with Crippen molar-refractivity contribution in [3.63, 3.8) is 0 Å². The Morgan fingerprint density at radius 3 is 1.67 bits per heavy atom. The molecule has 0 bridgehead atoms. The Bertz CT molecular complexity index is 2380. The van der Waals surface area contributed by atoms with Crippen molar-refractivity contribution in [1.29, 1.82) is 10.5 Å². The van der Waals surface area contributed by atoms with Gasteiger partial charge in [-0.2, -0.15) is 10.5 Å². The van der Waals surface area contributed by atoms with Crippen molar-refractivity contribution in [2.75, 3.05) is 14.1 Å². The minimum Gasteiger partial charge on any atom is -0.480 e. The van der Waals surface area contributed by atoms with Gasteiger partial charge in [-0.05, 0) is 39.8 Å². The highest BCUT2D eigenvalue weighted by atomic mass is 32.1. The number of ether oxygens (including phenoxy) is 1. The molecule has 15 heteroatoms. The number of nitriles is 2. The fraction of sp³-hybridized carbons (Fsp3) is 0.226. The molecule has 228 valence electrons. The van der Waals surface area contributed by atoms with Crippen LogP contribution < -0.4 is 4.74 Å². The molecule has 0 N–H and O–H groups in total. The first kappa shape index (κ1) is 29.9. The average molecular weight is 685 g/mol. The van der Waals surface area contributed by atoms with Crippen molar-refractivity contribution in [3.8, 4) is 27.6 Å². The molecule has 0 atom stereocenters. The molecule has 11 nitrogen and oxygen atoms in total. The summed E-state index contributed by atoms with van der Waals surface area (Å²) in [6.07, 6.45) is 0. The van der Waals surface area contributed by atoms with Crippen molar-refractivity contribution < 1.29 is 23.9 Å². The van der Waals surface area contributed by atoms with Crippen molar-refractivity contribution in [1.82, 2.24) is 9.80 Å². The summed E-state index contributed by atoms with van der Waals surface area (Å²) >= 11 is 5.96. The molecule has 3 aliphatic rings. The predicted octanol–water partition coefficient (Wildman–Crippen LogP) is 6.36. The molecule has 4 aromatic heterocycles. The minimum atomic E-state index is -0.722. The summed E-state index contributed by atoms with van der Waals surface area (Å²) in [4.78, 5) is 63.5. The van der Waals surface area contributed by atoms with Gasteiger partial charge in [0.1, 0.15) is 50.3 Å². The van der Waals surface area contributed by atoms with Crippen LogP contribution >= 0.6 is 45.3 Å². The first-order chi connectivity index (χ1) is 21.8. The van der Waals surface area contributed by atoms with Gasteiger partial charge in [0.2, 0.25) is 0 Å². The van der Waals surface area contributed by atoms with Crippen LogP contribution in [0.1, 0.15) is 33.3 Å². The summed E-state index contributed by atoms with van der Waals surface area (Å²) in [6, 6.07) is 7.57. The number of thiophene rings is 4. The molecule has 0 saturated heterocycles. The highest BCUT2D eigenvalue weighted by Gasteiger charge is 2.41. The quantitative estimate of drug-likeness (QED) is 0.223. The third-order valence-corrected chi connectivity index (χ3v) is 12.8. The van der Waals surface area contributed by atoms with Gasteiger partial charge in [0, 0.05) is 35.5 Å². The Kier molecular flexibility index (Phi) is 6.56. The van der Waals surface area contributed by atoms with Gasteiger partial charge in [0.15, 0.2) is 5.75 Å². The van der Waals surface area contributed by atoms with E-state index in [1.54, 1.807) is 36.5 Å². The van der Waals surface area contributed by atoms with E-state index in [0.29, 0.717) is 10.0 Å². The van der Waals surface area contributed by atoms with E-state index in [1.807, 2.05) is 38.1 Å². The van der Waals surface area contributed by atoms with Gasteiger partial charge in [-0.3, -0.25) is 29.0 Å². The van der Waals surface area contributed by atoms with Crippen LogP contribution in [0.15, 0.2) is 44.4 Å². The molecule has 46 heavy (non-hydrogen) atoms. The zero-order valence-corrected chi connectivity index (χ0v) is 28.3. The number of amides is 4. The van der Waals surface area contributed by atoms with Crippen LogP contribution in [-0.4, -0.2) is 58.9 Å². The smallest absolute Gasteiger partial charge is 0.279 e. The zero-order chi connectivity index (χ0) is 33.0. The summed E-state index contributed by atoms with van der Waals surface area (Å²) in [7, 11) is 2.67. The van der Waals surface area contributed by atoms with Crippen molar-refractivity contribution in [3.05, 3.63) is 40.0 Å². The number of carbonyl (C=O) groups is 4. The van der Waals surface area contributed by atoms with E-state index < -0.39 is 29.2 Å². The van der Waals surface area contributed by atoms with Crippen molar-refractivity contribution in [2.45, 2.75) is 33.3 Å². The average Bonchev–Trinajstić information content (AvgIpc) is 3.75. The topological polar surface area (TPSA) is 156 Å². The maximum absolute atomic E-state index is 12.9. The Hall–Kier alpha value is -4.80. The number of rotatable bonds is 2. The number of hydrogen-bond acceptors (Lipinski definition) is 13. The number of likely N-dealkylation sites (N-methyl/N-ethyl adjacent to an activating group) is 2. The van der Waals surface area contributed by atoms with E-state index >= 15 is 0 Å². The summed E-state index contributed by atoms with van der Waals surface area (Å²) in [5.41, 5.74) is 0.736. The van der Waals surface area contributed by atoms with E-state index in [0.717, 1.165) is 49.7 Å². The lowest BCUT2D eigenvalue weighted by atomic mass is 9.95. The molecule has 0 aliphatic carbocycles. The normalized spacial score (nSPS) is 19.8. The van der Waals surface area contributed by atoms with Crippen molar-refractivity contribution in [2.24, 2.45) is 9.98 Å². The molecule has 4 amide bonds. The lowest BCUT2D eigenvalue weighted by molar-refractivity contribution is -0.138. The van der Waals surface area contributed by atoms with Gasteiger partial charge < -0.3 is 4.74 Å². The van der Waals surface area contributed by atoms with Crippen LogP contribution in [0.2, 0.25) is 0 Å². The second kappa shape index (κ2) is 10.1. The maximum atomic E-state index is 12.9. The predicted molar refractivity (Wildman–Crippen MR) is 178 cm³/mol. The highest BCUT2D eigenvalue weighted by molar-refractivity contribution is 7.36. The molecule has 0 saturated carbocycles. The van der Waals surface area contributed by atoms with Gasteiger partial charge in [0.05, 0.1) is 23.9 Å². The van der Waals surface area contributed by atoms with E-state index in [2.05, 4.69) is 9.98 Å². The van der Waals surface area contributed by atoms with Gasteiger partial charge in [0.25, 0.3) is 23.6 Å². The third-order valence-electron chi connectivity index (χ3n) is 8.01. The van der Waals surface area contributed by atoms with E-state index in [4.69, 9.17) is 4.74 Å². The fourth-order valence-electron chi connectivity index (χ4n) is 5.56. The summed E-state index contributed by atoms with van der Waals surface area (Å²) in [5.74, 6) is -1.65. The molecule has 4 aromatic rings. The molecular weight excluding hydrogens is 665 g/mol. The second-order valence-electron chi connectivity index (χ2n) is 11.2. The van der Waals surface area contributed by atoms with E-state index in [9.17, 15) is 29.7 Å². The first-order valence-electron chi connectivity index (χ1n) is 13.6. The van der Waals surface area contributed by atoms with Crippen LogP contribution in [0.3, 0.4) is 0 Å². The molecule has 0 aromatic carbocycles. The van der Waals surface area contributed by atoms with E-state index in [1.165, 1.54) is 36.8 Å². The van der Waals surface area contributed by atoms with Gasteiger partial charge in [-0.15, -0.1) is 45.3 Å². The molecule has 0 unspecified atom stereocenters. The number of hydrogen-bond donors (Lipinski definition) is 0. The number of carbonyl (C=O) groups excluding carboxylic acids is 4. The minimum absolute atomic E-state index is 0.0607. The monoisotopic (exact) mass is 684 g/mol. The third kappa shape index (κ3) is 4.09. The highest BCUT2D eigenvalue weighted by Crippen LogP contribution is 2.60. The van der Waals surface area contributed by atoms with Gasteiger partial charge >= 0.3 is 0 Å². The van der Waals surface area contributed by atoms with Crippen LogP contribution in [-0.2, 0) is 24.8 Å². The number of aliphatic imine (C=N–C) groups is 2. The van der Waals surface area contributed by atoms with E-state index in [-0.39, 0.29) is 33.7 Å². The Morgan fingerprint density at radius 1 is 0.717 bits per heavy atom. The van der Waals surface area contributed by atoms with Gasteiger partial charge in [-0.1, -0.05) is 0 Å². The van der Waals surface area contributed by atoms with Crippen LogP contribution in [0.25, 0.3) is 28.6 Å². The van der Waals surface area contributed by atoms with Crippen molar-refractivity contribution >= 4 is 109 Å². The summed E-state index contributed by atoms with van der Waals surface area (Å²) in [5, 5.41) is 20.1. The molecule has 3 aliphatic heterocycles. The summed E-state index contributed by atoms with van der Waals surface area (Å²) < 4.78 is 10.4. The first-order valence-corrected chi connectivity index (χ1v) is 16.9. The maximum Gasteiger partial charge on any atom is 0.279 e. The number of fused-ring (bicyclic) bond motifs is 7. The lowest BCUT2D eigenvalue weighted by Crippen LogP contribution is -2.44. The van der Waals surface area contributed by atoms with Crippen LogP contribution in [0.4, 0.5) is 10.0 Å². The number of imide groups is 2. The molecule has 0 radical (unpaired) electrons. The molecule has 7 heterocycles. The Balaban J connectivity index is 1.31. The Labute approximate surface area is 277 Å². The second-order valence-corrected chi connectivity index (χ2v) is 15.4. The van der Waals surface area contributed by atoms with Gasteiger partial charge in [-0.25, -0.2) is 9.98 Å². The molecule has 7 rings (SSSR count). The standard InChI is InChI=1S/C31H20N6O5S4/c1-11-13(9-32)27(38)36(5)29(40)20(11)34-17-7-15-23(45-17)19-25(43-15)26-22(42-31(19,3)4)24-16(44-26)8-18(46-24)35-21-12(2)14(10-33)28(39)37(6)30(21)41/h7-8H,1-6H3. The van der Waals surface area contributed by atoms with Crippen LogP contribution in [0, 0.1) is 22.7 Å². The largest absolute Gasteiger partial charge is 0.480 e. The summed E-state index contributed by atoms with van der Waals surface area (Å²) in [6.45, 7) is 7.10. The molecule has 0 spiro atoms. The number of nitrogens with zero attached hydrogens (tertiary/aromatic N) is 6. The van der Waals surface area contributed by atoms with Crippen LogP contribution in [0.5, 0.6) is 5.75 Å².